The van der Waals surface area contributed by atoms with Crippen molar-refractivity contribution < 1.29 is 23.8 Å². The van der Waals surface area contributed by atoms with E-state index < -0.39 is 6.10 Å². The molecule has 6 nitrogen and oxygen atoms in total. The van der Waals surface area contributed by atoms with Crippen molar-refractivity contribution in [2.24, 2.45) is 0 Å². The fourth-order valence-electron chi connectivity index (χ4n) is 2.77. The summed E-state index contributed by atoms with van der Waals surface area (Å²) in [6, 6.07) is 14.1. The van der Waals surface area contributed by atoms with E-state index in [-0.39, 0.29) is 18.3 Å². The van der Waals surface area contributed by atoms with Crippen molar-refractivity contribution in [3.8, 4) is 11.5 Å². The Balaban J connectivity index is 1.63. The second-order valence-electron chi connectivity index (χ2n) is 6.52. The zero-order chi connectivity index (χ0) is 21.3. The predicted molar refractivity (Wildman–Crippen MR) is 110 cm³/mol. The van der Waals surface area contributed by atoms with Gasteiger partial charge < -0.3 is 19.9 Å². The Hall–Kier alpha value is -3.45. The van der Waals surface area contributed by atoms with Gasteiger partial charge in [0, 0.05) is 24.5 Å². The first-order valence-corrected chi connectivity index (χ1v) is 9.57. The Bertz CT molecular complexity index is 965. The van der Waals surface area contributed by atoms with Gasteiger partial charge in [0.05, 0.1) is 12.7 Å². The number of rotatable bonds is 9. The first-order valence-electron chi connectivity index (χ1n) is 9.57. The topological polar surface area (TPSA) is 80.7 Å². The van der Waals surface area contributed by atoms with E-state index in [4.69, 9.17) is 9.47 Å². The van der Waals surface area contributed by atoms with Gasteiger partial charge >= 0.3 is 0 Å². The van der Waals surface area contributed by atoms with Crippen LogP contribution in [0.25, 0.3) is 0 Å². The summed E-state index contributed by atoms with van der Waals surface area (Å²) in [7, 11) is 0. The maximum absolute atomic E-state index is 13.0. The molecular formula is C23H23FN2O4. The number of amides is 1. The maximum atomic E-state index is 13.0. The van der Waals surface area contributed by atoms with Gasteiger partial charge in [0.2, 0.25) is 0 Å². The number of nitrogens with one attached hydrogen (secondary N) is 1. The maximum Gasteiger partial charge on any atom is 0.251 e. The van der Waals surface area contributed by atoms with Gasteiger partial charge in [0.25, 0.3) is 5.91 Å². The van der Waals surface area contributed by atoms with Gasteiger partial charge in [-0.1, -0.05) is 12.1 Å². The fraction of sp³-hybridized carbons (Fsp3) is 0.217. The minimum absolute atomic E-state index is 0.00523. The number of carbonyl (C=O) groups excluding carboxylic acids is 1. The molecule has 0 saturated carbocycles. The third-order valence-electron chi connectivity index (χ3n) is 4.36. The quantitative estimate of drug-likeness (QED) is 0.563. The summed E-state index contributed by atoms with van der Waals surface area (Å²) in [5, 5.41) is 12.9. The lowest BCUT2D eigenvalue weighted by atomic mass is 10.1. The minimum atomic E-state index is -0.941. The van der Waals surface area contributed by atoms with Gasteiger partial charge in [-0.15, -0.1) is 0 Å². The molecule has 0 saturated heterocycles. The molecule has 0 bridgehead atoms. The zero-order valence-electron chi connectivity index (χ0n) is 16.5. The van der Waals surface area contributed by atoms with Crippen LogP contribution in [0.3, 0.4) is 0 Å². The Morgan fingerprint density at radius 2 is 1.80 bits per heavy atom. The molecule has 7 heteroatoms. The number of pyridine rings is 1. The van der Waals surface area contributed by atoms with Crippen molar-refractivity contribution in [1.29, 1.82) is 0 Å². The Kier molecular flexibility index (Phi) is 7.34. The van der Waals surface area contributed by atoms with Crippen LogP contribution >= 0.6 is 0 Å². The van der Waals surface area contributed by atoms with Crippen LogP contribution in [0.5, 0.6) is 11.5 Å². The van der Waals surface area contributed by atoms with E-state index >= 15 is 0 Å². The molecule has 1 aromatic heterocycles. The number of aliphatic hydroxyl groups excluding tert-OH is 1. The van der Waals surface area contributed by atoms with E-state index in [0.717, 1.165) is 5.56 Å². The molecule has 2 aromatic carbocycles. The fourth-order valence-corrected chi connectivity index (χ4v) is 2.77. The Morgan fingerprint density at radius 1 is 1.07 bits per heavy atom. The molecule has 1 heterocycles. The van der Waals surface area contributed by atoms with E-state index in [1.165, 1.54) is 24.3 Å². The summed E-state index contributed by atoms with van der Waals surface area (Å²) in [5.41, 5.74) is 1.86. The van der Waals surface area contributed by atoms with Crippen LogP contribution in [0, 0.1) is 5.82 Å². The average Bonchev–Trinajstić information content (AvgIpc) is 2.77. The molecule has 156 valence electrons. The van der Waals surface area contributed by atoms with Crippen LogP contribution in [0.2, 0.25) is 0 Å². The van der Waals surface area contributed by atoms with Gasteiger partial charge in [-0.3, -0.25) is 9.78 Å². The summed E-state index contributed by atoms with van der Waals surface area (Å²) in [6.07, 6.45) is 2.44. The summed E-state index contributed by atoms with van der Waals surface area (Å²) in [6.45, 7) is 2.60. The number of ether oxygens (including phenoxy) is 2. The lowest BCUT2D eigenvalue weighted by Crippen LogP contribution is -2.28. The lowest BCUT2D eigenvalue weighted by Gasteiger charge is -2.15. The van der Waals surface area contributed by atoms with Crippen molar-refractivity contribution in [2.75, 3.05) is 13.2 Å². The SMILES string of the molecule is CCOc1cc(C(=O)NCC(O)c2ccc(F)cc2)ccc1OCc1ccncc1. The van der Waals surface area contributed by atoms with E-state index in [2.05, 4.69) is 10.3 Å². The van der Waals surface area contributed by atoms with Crippen molar-refractivity contribution >= 4 is 5.91 Å². The molecule has 3 rings (SSSR count). The summed E-state index contributed by atoms with van der Waals surface area (Å²) in [4.78, 5) is 16.5. The van der Waals surface area contributed by atoms with E-state index in [9.17, 15) is 14.3 Å². The summed E-state index contributed by atoms with van der Waals surface area (Å²) < 4.78 is 24.4. The number of benzene rings is 2. The number of aromatic nitrogens is 1. The standard InChI is InChI=1S/C23H23FN2O4/c1-2-29-22-13-18(5-8-21(22)30-15-16-9-11-25-12-10-16)23(28)26-14-20(27)17-3-6-19(24)7-4-17/h3-13,20,27H,2,14-15H2,1H3,(H,26,28). The second kappa shape index (κ2) is 10.4. The van der Waals surface area contributed by atoms with Crippen LogP contribution in [0.1, 0.15) is 34.5 Å². The smallest absolute Gasteiger partial charge is 0.251 e. The third-order valence-corrected chi connectivity index (χ3v) is 4.36. The molecular weight excluding hydrogens is 387 g/mol. The highest BCUT2D eigenvalue weighted by Crippen LogP contribution is 2.29. The second-order valence-corrected chi connectivity index (χ2v) is 6.52. The number of nitrogens with zero attached hydrogens (tertiary/aromatic N) is 1. The van der Waals surface area contributed by atoms with Crippen LogP contribution in [-0.4, -0.2) is 29.1 Å². The largest absolute Gasteiger partial charge is 0.490 e. The van der Waals surface area contributed by atoms with Crippen molar-refractivity contribution in [3.63, 3.8) is 0 Å². The highest BCUT2D eigenvalue weighted by molar-refractivity contribution is 5.94. The van der Waals surface area contributed by atoms with Gasteiger partial charge in [-0.25, -0.2) is 4.39 Å². The molecule has 0 aliphatic rings. The van der Waals surface area contributed by atoms with Crippen LogP contribution in [0.15, 0.2) is 67.0 Å². The normalized spacial score (nSPS) is 11.6. The van der Waals surface area contributed by atoms with E-state index in [1.54, 1.807) is 30.6 Å². The average molecular weight is 410 g/mol. The van der Waals surface area contributed by atoms with Gasteiger partial charge in [-0.2, -0.15) is 0 Å². The first kappa shape index (κ1) is 21.3. The molecule has 0 fully saturated rings. The van der Waals surface area contributed by atoms with Gasteiger partial charge in [0.15, 0.2) is 11.5 Å². The monoisotopic (exact) mass is 410 g/mol. The van der Waals surface area contributed by atoms with Crippen molar-refractivity contribution in [3.05, 3.63) is 89.5 Å². The van der Waals surface area contributed by atoms with Gasteiger partial charge in [0.1, 0.15) is 12.4 Å². The molecule has 1 unspecified atom stereocenters. The molecule has 2 N–H and O–H groups in total. The molecule has 0 aliphatic carbocycles. The molecule has 0 radical (unpaired) electrons. The Morgan fingerprint density at radius 3 is 2.50 bits per heavy atom. The molecule has 0 spiro atoms. The van der Waals surface area contributed by atoms with Crippen molar-refractivity contribution in [2.45, 2.75) is 19.6 Å². The molecule has 1 atom stereocenters. The number of halogens is 1. The zero-order valence-corrected chi connectivity index (χ0v) is 16.5. The highest BCUT2D eigenvalue weighted by atomic mass is 19.1. The number of carbonyl (C=O) groups is 1. The Labute approximate surface area is 174 Å². The lowest BCUT2D eigenvalue weighted by molar-refractivity contribution is 0.0915. The third kappa shape index (κ3) is 5.78. The summed E-state index contributed by atoms with van der Waals surface area (Å²) >= 11 is 0. The molecule has 1 amide bonds. The van der Waals surface area contributed by atoms with Crippen LogP contribution in [-0.2, 0) is 6.61 Å². The predicted octanol–water partition coefficient (Wildman–Crippen LogP) is 3.66. The molecule has 30 heavy (non-hydrogen) atoms. The number of aliphatic hydroxyl groups is 1. The molecule has 0 aliphatic heterocycles. The van der Waals surface area contributed by atoms with E-state index in [0.29, 0.717) is 35.8 Å². The highest BCUT2D eigenvalue weighted by Gasteiger charge is 2.14. The van der Waals surface area contributed by atoms with Gasteiger partial charge in [-0.05, 0) is 60.5 Å². The minimum Gasteiger partial charge on any atom is -0.490 e. The first-order chi connectivity index (χ1) is 14.6. The van der Waals surface area contributed by atoms with E-state index in [1.807, 2.05) is 19.1 Å². The van der Waals surface area contributed by atoms with Crippen LogP contribution in [0.4, 0.5) is 4.39 Å². The molecule has 3 aromatic rings. The number of hydrogen-bond donors (Lipinski definition) is 2. The van der Waals surface area contributed by atoms with Crippen molar-refractivity contribution in [1.82, 2.24) is 10.3 Å². The number of hydrogen-bond acceptors (Lipinski definition) is 5. The summed E-state index contributed by atoms with van der Waals surface area (Å²) in [5.74, 6) is 0.234. The van der Waals surface area contributed by atoms with Crippen LogP contribution < -0.4 is 14.8 Å².